The van der Waals surface area contributed by atoms with Crippen molar-refractivity contribution in [1.82, 2.24) is 23.5 Å². The third-order valence-corrected chi connectivity index (χ3v) is 4.50. The number of imidazole rings is 2. The smallest absolute Gasteiger partial charge is 0.302 e. The Morgan fingerprint density at radius 3 is 2.17 bits per heavy atom. The van der Waals surface area contributed by atoms with E-state index >= 15 is 0 Å². The molecule has 0 bridgehead atoms. The first-order chi connectivity index (χ1) is 14.0. The van der Waals surface area contributed by atoms with Crippen LogP contribution < -0.4 is 5.56 Å². The topological polar surface area (TPSA) is 110 Å². The number of rotatable bonds is 10. The molecule has 10 heteroatoms. The van der Waals surface area contributed by atoms with Gasteiger partial charge in [0.1, 0.15) is 0 Å². The van der Waals surface area contributed by atoms with E-state index in [4.69, 9.17) is 9.47 Å². The molecule has 3 aromatic heterocycles. The van der Waals surface area contributed by atoms with Crippen LogP contribution in [0.4, 0.5) is 0 Å². The number of nitrogens with zero attached hydrogens (tertiary/aromatic N) is 5. The highest BCUT2D eigenvalue weighted by Gasteiger charge is 2.14. The number of hydrogen-bond acceptors (Lipinski definition) is 7. The van der Waals surface area contributed by atoms with Gasteiger partial charge >= 0.3 is 11.9 Å². The Bertz CT molecular complexity index is 984. The fraction of sp³-hybridized carbons (Fsp3) is 0.526. The Balaban J connectivity index is 1.71. The molecule has 0 atom stereocenters. The van der Waals surface area contributed by atoms with Crippen LogP contribution in [0, 0.1) is 0 Å². The van der Waals surface area contributed by atoms with Gasteiger partial charge in [-0.15, -0.1) is 0 Å². The van der Waals surface area contributed by atoms with Crippen LogP contribution in [0.3, 0.4) is 0 Å². The van der Waals surface area contributed by atoms with Crippen LogP contribution in [-0.2, 0) is 32.2 Å². The summed E-state index contributed by atoms with van der Waals surface area (Å²) in [5.74, 6) is -0.0198. The van der Waals surface area contributed by atoms with Crippen molar-refractivity contribution >= 4 is 28.9 Å². The number of carbonyl (C=O) groups is 2. The third kappa shape index (κ3) is 5.01. The molecular formula is C19H25N5O5. The van der Waals surface area contributed by atoms with Gasteiger partial charge in [-0.25, -0.2) is 9.38 Å². The summed E-state index contributed by atoms with van der Waals surface area (Å²) in [7, 11) is 0. The zero-order valence-corrected chi connectivity index (χ0v) is 16.7. The van der Waals surface area contributed by atoms with Crippen molar-refractivity contribution < 1.29 is 19.1 Å². The predicted octanol–water partition coefficient (Wildman–Crippen LogP) is 1.53. The van der Waals surface area contributed by atoms with Gasteiger partial charge in [-0.05, 0) is 25.7 Å². The van der Waals surface area contributed by atoms with Crippen molar-refractivity contribution in [3.8, 4) is 0 Å². The van der Waals surface area contributed by atoms with Crippen LogP contribution >= 0.6 is 0 Å². The van der Waals surface area contributed by atoms with E-state index in [0.717, 1.165) is 25.7 Å². The van der Waals surface area contributed by atoms with Crippen molar-refractivity contribution in [3.63, 3.8) is 0 Å². The van der Waals surface area contributed by atoms with Crippen LogP contribution in [0.2, 0.25) is 0 Å². The van der Waals surface area contributed by atoms with Crippen molar-refractivity contribution in [1.29, 1.82) is 0 Å². The number of esters is 2. The molecule has 0 saturated heterocycles. The van der Waals surface area contributed by atoms with Crippen LogP contribution in [0.15, 0.2) is 23.5 Å². The maximum atomic E-state index is 12.7. The second kappa shape index (κ2) is 9.35. The molecule has 0 aliphatic rings. The Labute approximate surface area is 167 Å². The minimum Gasteiger partial charge on any atom is -0.466 e. The molecule has 3 rings (SSSR count). The first kappa shape index (κ1) is 20.6. The van der Waals surface area contributed by atoms with Crippen LogP contribution in [0.5, 0.6) is 0 Å². The standard InChI is InChI=1S/C19H25N5O5/c1-14(25)28-11-5-3-7-22-9-10-24-18(27)16-17(21-19(22)24)23(13-20-16)8-4-6-12-29-15(2)26/h9-10,13H,3-8,11-12H2,1-2H3. The van der Waals surface area contributed by atoms with E-state index in [1.807, 2.05) is 15.3 Å². The Morgan fingerprint density at radius 2 is 1.55 bits per heavy atom. The molecule has 29 heavy (non-hydrogen) atoms. The van der Waals surface area contributed by atoms with Crippen molar-refractivity contribution in [3.05, 3.63) is 29.1 Å². The lowest BCUT2D eigenvalue weighted by atomic mass is 10.3. The summed E-state index contributed by atoms with van der Waals surface area (Å²) in [6.07, 6.45) is 8.15. The van der Waals surface area contributed by atoms with E-state index in [-0.39, 0.29) is 17.5 Å². The Hall–Kier alpha value is -3.17. The summed E-state index contributed by atoms with van der Waals surface area (Å²) in [4.78, 5) is 43.3. The summed E-state index contributed by atoms with van der Waals surface area (Å²) in [6, 6.07) is 0. The molecule has 0 N–H and O–H groups in total. The van der Waals surface area contributed by atoms with Gasteiger partial charge in [-0.1, -0.05) is 0 Å². The largest absolute Gasteiger partial charge is 0.466 e. The molecule has 0 spiro atoms. The molecule has 3 aromatic rings. The fourth-order valence-electron chi connectivity index (χ4n) is 3.09. The third-order valence-electron chi connectivity index (χ3n) is 4.50. The highest BCUT2D eigenvalue weighted by atomic mass is 16.5. The molecule has 0 saturated carbocycles. The Kier molecular flexibility index (Phi) is 6.63. The number of ether oxygens (including phenoxy) is 2. The Morgan fingerprint density at radius 1 is 0.931 bits per heavy atom. The quantitative estimate of drug-likeness (QED) is 0.373. The molecule has 10 nitrogen and oxygen atoms in total. The minimum absolute atomic E-state index is 0.206. The second-order valence-electron chi connectivity index (χ2n) is 6.78. The molecule has 0 amide bonds. The maximum absolute atomic E-state index is 12.7. The molecule has 156 valence electrons. The number of hydrogen-bond donors (Lipinski definition) is 0. The summed E-state index contributed by atoms with van der Waals surface area (Å²) in [5.41, 5.74) is 0.666. The van der Waals surface area contributed by atoms with Crippen molar-refractivity contribution in [2.45, 2.75) is 52.6 Å². The highest BCUT2D eigenvalue weighted by molar-refractivity contribution is 5.71. The molecule has 0 unspecified atom stereocenters. The SMILES string of the molecule is CC(=O)OCCCCn1cnc2c(=O)n3ccn(CCCCOC(C)=O)c3nc21. The first-order valence-electron chi connectivity index (χ1n) is 9.66. The highest BCUT2D eigenvalue weighted by Crippen LogP contribution is 2.11. The lowest BCUT2D eigenvalue weighted by Gasteiger charge is -2.07. The summed E-state index contributed by atoms with van der Waals surface area (Å²) in [5, 5.41) is 0. The maximum Gasteiger partial charge on any atom is 0.302 e. The average Bonchev–Trinajstić information content (AvgIpc) is 3.26. The minimum atomic E-state index is -0.288. The molecule has 0 aliphatic carbocycles. The number of fused-ring (bicyclic) bond motifs is 2. The van der Waals surface area contributed by atoms with Gasteiger partial charge in [0.2, 0.25) is 5.78 Å². The molecule has 3 heterocycles. The van der Waals surface area contributed by atoms with E-state index in [1.54, 1.807) is 12.5 Å². The zero-order valence-electron chi connectivity index (χ0n) is 16.7. The number of aromatic nitrogens is 5. The molecule has 0 aliphatic heterocycles. The average molecular weight is 403 g/mol. The molecule has 0 radical (unpaired) electrons. The monoisotopic (exact) mass is 403 g/mol. The van der Waals surface area contributed by atoms with Gasteiger partial charge in [0.15, 0.2) is 11.2 Å². The first-order valence-corrected chi connectivity index (χ1v) is 9.66. The van der Waals surface area contributed by atoms with Gasteiger partial charge in [-0.2, -0.15) is 4.98 Å². The van der Waals surface area contributed by atoms with Gasteiger partial charge in [0.25, 0.3) is 5.56 Å². The zero-order chi connectivity index (χ0) is 20.8. The van der Waals surface area contributed by atoms with E-state index in [2.05, 4.69) is 9.97 Å². The van der Waals surface area contributed by atoms with E-state index < -0.39 is 0 Å². The number of aryl methyl sites for hydroxylation is 2. The summed E-state index contributed by atoms with van der Waals surface area (Å²) >= 11 is 0. The van der Waals surface area contributed by atoms with Gasteiger partial charge in [-0.3, -0.25) is 14.4 Å². The second-order valence-corrected chi connectivity index (χ2v) is 6.78. The van der Waals surface area contributed by atoms with Crippen LogP contribution in [-0.4, -0.2) is 48.7 Å². The van der Waals surface area contributed by atoms with E-state index in [0.29, 0.717) is 43.2 Å². The lowest BCUT2D eigenvalue weighted by Crippen LogP contribution is -2.16. The van der Waals surface area contributed by atoms with Crippen LogP contribution in [0.1, 0.15) is 39.5 Å². The molecule has 0 aromatic carbocycles. The van der Waals surface area contributed by atoms with Gasteiger partial charge in [0, 0.05) is 39.3 Å². The van der Waals surface area contributed by atoms with E-state index in [9.17, 15) is 14.4 Å². The van der Waals surface area contributed by atoms with Crippen LogP contribution in [0.25, 0.3) is 16.9 Å². The summed E-state index contributed by atoms with van der Waals surface area (Å²) in [6.45, 7) is 4.82. The molecule has 0 fully saturated rings. The van der Waals surface area contributed by atoms with Gasteiger partial charge < -0.3 is 18.6 Å². The summed E-state index contributed by atoms with van der Waals surface area (Å²) < 4.78 is 15.1. The number of carbonyl (C=O) groups excluding carboxylic acids is 2. The van der Waals surface area contributed by atoms with Crippen molar-refractivity contribution in [2.75, 3.05) is 13.2 Å². The fourth-order valence-corrected chi connectivity index (χ4v) is 3.09. The van der Waals surface area contributed by atoms with Crippen molar-refractivity contribution in [2.24, 2.45) is 0 Å². The number of unbranched alkanes of at least 4 members (excludes halogenated alkanes) is 2. The van der Waals surface area contributed by atoms with E-state index in [1.165, 1.54) is 18.2 Å². The molecular weight excluding hydrogens is 378 g/mol. The predicted molar refractivity (Wildman–Crippen MR) is 104 cm³/mol. The lowest BCUT2D eigenvalue weighted by molar-refractivity contribution is -0.142. The normalized spacial score (nSPS) is 11.2. The van der Waals surface area contributed by atoms with Gasteiger partial charge in [0.05, 0.1) is 19.5 Å².